The van der Waals surface area contributed by atoms with Crippen molar-refractivity contribution in [1.82, 2.24) is 14.9 Å². The molecule has 23 heavy (non-hydrogen) atoms. The summed E-state index contributed by atoms with van der Waals surface area (Å²) in [6.45, 7) is 4.84. The Morgan fingerprint density at radius 1 is 1.22 bits per heavy atom. The zero-order chi connectivity index (χ0) is 16.1. The van der Waals surface area contributed by atoms with Crippen molar-refractivity contribution in [2.45, 2.75) is 32.4 Å². The van der Waals surface area contributed by atoms with Gasteiger partial charge in [-0.2, -0.15) is 5.26 Å². The molecule has 0 spiro atoms. The lowest BCUT2D eigenvalue weighted by atomic mass is 10.1. The molecule has 0 radical (unpaired) electrons. The Hall–Kier alpha value is -2.45. The summed E-state index contributed by atoms with van der Waals surface area (Å²) >= 11 is 0. The Bertz CT molecular complexity index is 685. The highest BCUT2D eigenvalue weighted by Gasteiger charge is 2.21. The number of ether oxygens (including phenoxy) is 1. The van der Waals surface area contributed by atoms with Crippen molar-refractivity contribution in [1.29, 1.82) is 5.26 Å². The maximum Gasteiger partial charge on any atom is 0.232 e. The van der Waals surface area contributed by atoms with Gasteiger partial charge in [-0.1, -0.05) is 12.1 Å². The van der Waals surface area contributed by atoms with Crippen LogP contribution < -0.4 is 4.74 Å². The molecule has 2 aromatic rings. The molecule has 118 valence electrons. The van der Waals surface area contributed by atoms with E-state index in [-0.39, 0.29) is 6.10 Å². The molecule has 2 heterocycles. The first-order valence-electron chi connectivity index (χ1n) is 7.89. The first kappa shape index (κ1) is 15.4. The minimum Gasteiger partial charge on any atom is -0.473 e. The van der Waals surface area contributed by atoms with E-state index in [9.17, 15) is 0 Å². The van der Waals surface area contributed by atoms with Gasteiger partial charge in [0.2, 0.25) is 5.88 Å². The lowest BCUT2D eigenvalue weighted by Crippen LogP contribution is -2.37. The molecule has 0 bridgehead atoms. The maximum absolute atomic E-state index is 8.83. The summed E-state index contributed by atoms with van der Waals surface area (Å²) in [7, 11) is 0. The third kappa shape index (κ3) is 4.27. The van der Waals surface area contributed by atoms with Crippen LogP contribution in [0.5, 0.6) is 5.88 Å². The van der Waals surface area contributed by atoms with Crippen molar-refractivity contribution < 1.29 is 4.74 Å². The highest BCUT2D eigenvalue weighted by atomic mass is 16.5. The monoisotopic (exact) mass is 308 g/mol. The van der Waals surface area contributed by atoms with Crippen LogP contribution >= 0.6 is 0 Å². The minimum atomic E-state index is 0.211. The van der Waals surface area contributed by atoms with Crippen molar-refractivity contribution in [2.75, 3.05) is 13.1 Å². The van der Waals surface area contributed by atoms with Gasteiger partial charge < -0.3 is 4.74 Å². The molecule has 0 aliphatic carbocycles. The standard InChI is InChI=1S/C18H20N4O/c1-14-11-20-12-18(21-14)23-17-6-8-22(9-7-17)13-16-4-2-15(10-19)3-5-16/h2-5,11-12,17H,6-9,13H2,1H3. The van der Waals surface area contributed by atoms with Gasteiger partial charge in [-0.05, 0) is 37.5 Å². The summed E-state index contributed by atoms with van der Waals surface area (Å²) in [4.78, 5) is 10.9. The average molecular weight is 308 g/mol. The van der Waals surface area contributed by atoms with Crippen molar-refractivity contribution >= 4 is 0 Å². The van der Waals surface area contributed by atoms with E-state index < -0.39 is 0 Å². The number of aromatic nitrogens is 2. The lowest BCUT2D eigenvalue weighted by Gasteiger charge is -2.31. The van der Waals surface area contributed by atoms with Crippen LogP contribution in [0.15, 0.2) is 36.7 Å². The van der Waals surface area contributed by atoms with Crippen molar-refractivity contribution in [3.05, 3.63) is 53.5 Å². The summed E-state index contributed by atoms with van der Waals surface area (Å²) < 4.78 is 5.93. The molecule has 1 aromatic heterocycles. The summed E-state index contributed by atoms with van der Waals surface area (Å²) in [5, 5.41) is 8.83. The highest BCUT2D eigenvalue weighted by Crippen LogP contribution is 2.18. The minimum absolute atomic E-state index is 0.211. The van der Waals surface area contributed by atoms with Crippen LogP contribution in [-0.2, 0) is 6.54 Å². The summed E-state index contributed by atoms with van der Waals surface area (Å²) in [6.07, 6.45) is 5.60. The van der Waals surface area contributed by atoms with E-state index in [4.69, 9.17) is 10.00 Å². The SMILES string of the molecule is Cc1cncc(OC2CCN(Cc3ccc(C#N)cc3)CC2)n1. The van der Waals surface area contributed by atoms with Gasteiger partial charge in [0.15, 0.2) is 0 Å². The molecule has 1 aliphatic heterocycles. The molecule has 5 heteroatoms. The van der Waals surface area contributed by atoms with E-state index in [1.165, 1.54) is 5.56 Å². The molecule has 3 rings (SSSR count). The first-order valence-corrected chi connectivity index (χ1v) is 7.89. The zero-order valence-electron chi connectivity index (χ0n) is 13.3. The van der Waals surface area contributed by atoms with Crippen LogP contribution in [0.4, 0.5) is 0 Å². The average Bonchev–Trinajstić information content (AvgIpc) is 2.57. The maximum atomic E-state index is 8.83. The molecule has 0 N–H and O–H groups in total. The van der Waals surface area contributed by atoms with Gasteiger partial charge >= 0.3 is 0 Å². The smallest absolute Gasteiger partial charge is 0.232 e. The fourth-order valence-electron chi connectivity index (χ4n) is 2.80. The molecule has 0 unspecified atom stereocenters. The predicted molar refractivity (Wildman–Crippen MR) is 86.9 cm³/mol. The first-order chi connectivity index (χ1) is 11.2. The summed E-state index contributed by atoms with van der Waals surface area (Å²) in [5.41, 5.74) is 2.83. The molecule has 0 amide bonds. The third-order valence-corrected chi connectivity index (χ3v) is 4.04. The van der Waals surface area contributed by atoms with Crippen LogP contribution in [0.2, 0.25) is 0 Å². The van der Waals surface area contributed by atoms with Gasteiger partial charge in [-0.25, -0.2) is 4.98 Å². The number of likely N-dealkylation sites (tertiary alicyclic amines) is 1. The van der Waals surface area contributed by atoms with E-state index in [1.807, 2.05) is 31.2 Å². The molecule has 1 saturated heterocycles. The number of hydrogen-bond donors (Lipinski definition) is 0. The number of piperidine rings is 1. The van der Waals surface area contributed by atoms with E-state index >= 15 is 0 Å². The number of benzene rings is 1. The second-order valence-corrected chi connectivity index (χ2v) is 5.90. The van der Waals surface area contributed by atoms with Crippen LogP contribution in [0.25, 0.3) is 0 Å². The predicted octanol–water partition coefficient (Wildman–Crippen LogP) is 2.70. The van der Waals surface area contributed by atoms with Crippen LogP contribution in [0.3, 0.4) is 0 Å². The molecule has 0 atom stereocenters. The topological polar surface area (TPSA) is 62.0 Å². The normalized spacial score (nSPS) is 16.0. The molecule has 1 fully saturated rings. The van der Waals surface area contributed by atoms with Crippen LogP contribution in [0.1, 0.15) is 29.7 Å². The Labute approximate surface area is 136 Å². The summed E-state index contributed by atoms with van der Waals surface area (Å²) in [6, 6.07) is 9.97. The molecular weight excluding hydrogens is 288 g/mol. The lowest BCUT2D eigenvalue weighted by molar-refractivity contribution is 0.0927. The number of nitrogens with zero attached hydrogens (tertiary/aromatic N) is 4. The Kier molecular flexibility index (Phi) is 4.84. The number of aryl methyl sites for hydroxylation is 1. The van der Waals surface area contributed by atoms with Gasteiger partial charge in [-0.3, -0.25) is 9.88 Å². The number of rotatable bonds is 4. The quantitative estimate of drug-likeness (QED) is 0.869. The van der Waals surface area contributed by atoms with E-state index in [1.54, 1.807) is 12.4 Å². The highest BCUT2D eigenvalue weighted by molar-refractivity contribution is 5.31. The Morgan fingerprint density at radius 3 is 2.61 bits per heavy atom. The number of hydrogen-bond acceptors (Lipinski definition) is 5. The molecular formula is C18H20N4O. The number of nitriles is 1. The fraction of sp³-hybridized carbons (Fsp3) is 0.389. The second kappa shape index (κ2) is 7.21. The fourth-order valence-corrected chi connectivity index (χ4v) is 2.80. The van der Waals surface area contributed by atoms with Crippen LogP contribution in [-0.4, -0.2) is 34.1 Å². The van der Waals surface area contributed by atoms with Crippen molar-refractivity contribution in [2.24, 2.45) is 0 Å². The molecule has 1 aromatic carbocycles. The van der Waals surface area contributed by atoms with Crippen molar-refractivity contribution in [3.8, 4) is 11.9 Å². The van der Waals surface area contributed by atoms with Gasteiger partial charge in [0.1, 0.15) is 6.10 Å². The van der Waals surface area contributed by atoms with E-state index in [0.29, 0.717) is 11.4 Å². The van der Waals surface area contributed by atoms with Crippen molar-refractivity contribution in [3.63, 3.8) is 0 Å². The van der Waals surface area contributed by atoms with Crippen LogP contribution in [0, 0.1) is 18.3 Å². The van der Waals surface area contributed by atoms with E-state index in [2.05, 4.69) is 20.9 Å². The second-order valence-electron chi connectivity index (χ2n) is 5.90. The molecule has 0 saturated carbocycles. The van der Waals surface area contributed by atoms with Gasteiger partial charge in [0.05, 0.1) is 23.5 Å². The molecule has 1 aliphatic rings. The van der Waals surface area contributed by atoms with Gasteiger partial charge in [0.25, 0.3) is 0 Å². The largest absolute Gasteiger partial charge is 0.473 e. The third-order valence-electron chi connectivity index (χ3n) is 4.04. The molecule has 5 nitrogen and oxygen atoms in total. The van der Waals surface area contributed by atoms with E-state index in [0.717, 1.165) is 38.2 Å². The van der Waals surface area contributed by atoms with Gasteiger partial charge in [-0.15, -0.1) is 0 Å². The summed E-state index contributed by atoms with van der Waals surface area (Å²) in [5.74, 6) is 0.621. The Balaban J connectivity index is 1.49. The Morgan fingerprint density at radius 2 is 1.96 bits per heavy atom. The zero-order valence-corrected chi connectivity index (χ0v) is 13.3. The van der Waals surface area contributed by atoms with Gasteiger partial charge in [0, 0.05) is 25.8 Å².